The molecule has 0 saturated carbocycles. The summed E-state index contributed by atoms with van der Waals surface area (Å²) in [6.45, 7) is 2.70. The van der Waals surface area contributed by atoms with E-state index < -0.39 is 0 Å². The Kier molecular flexibility index (Phi) is 4.92. The summed E-state index contributed by atoms with van der Waals surface area (Å²) in [5.41, 5.74) is 6.02. The highest BCUT2D eigenvalue weighted by atomic mass is 35.5. The van der Waals surface area contributed by atoms with E-state index in [4.69, 9.17) is 5.73 Å². The Balaban J connectivity index is 0.00000144. The van der Waals surface area contributed by atoms with Gasteiger partial charge in [0, 0.05) is 25.2 Å². The number of aromatic nitrogens is 2. The molecule has 1 unspecified atom stereocenters. The SMILES string of the molecule is CN(Cc1cc(=O)[nH]c(N)n1)C1CCNC1.Cl. The van der Waals surface area contributed by atoms with Crippen molar-refractivity contribution >= 4 is 18.4 Å². The van der Waals surface area contributed by atoms with Gasteiger partial charge in [0.25, 0.3) is 5.56 Å². The third kappa shape index (κ3) is 3.69. The number of nitrogen functional groups attached to an aromatic ring is 1. The first-order valence-electron chi connectivity index (χ1n) is 5.42. The van der Waals surface area contributed by atoms with E-state index in [1.165, 1.54) is 6.07 Å². The summed E-state index contributed by atoms with van der Waals surface area (Å²) in [6.07, 6.45) is 1.13. The fraction of sp³-hybridized carbons (Fsp3) is 0.600. The Morgan fingerprint density at radius 3 is 3.00 bits per heavy atom. The fourth-order valence-corrected chi connectivity index (χ4v) is 2.01. The lowest BCUT2D eigenvalue weighted by Gasteiger charge is -2.22. The Bertz CT molecular complexity index is 415. The molecule has 6 nitrogen and oxygen atoms in total. The van der Waals surface area contributed by atoms with E-state index in [0.717, 1.165) is 25.2 Å². The van der Waals surface area contributed by atoms with Gasteiger partial charge in [0.15, 0.2) is 0 Å². The van der Waals surface area contributed by atoms with E-state index in [0.29, 0.717) is 12.6 Å². The first kappa shape index (κ1) is 14.0. The van der Waals surface area contributed by atoms with Crippen molar-refractivity contribution in [3.63, 3.8) is 0 Å². The molecule has 1 aromatic rings. The number of rotatable bonds is 3. The highest BCUT2D eigenvalue weighted by Gasteiger charge is 2.19. The van der Waals surface area contributed by atoms with Crippen molar-refractivity contribution in [3.8, 4) is 0 Å². The summed E-state index contributed by atoms with van der Waals surface area (Å²) in [7, 11) is 2.04. The number of anilines is 1. The van der Waals surface area contributed by atoms with Crippen LogP contribution in [0.5, 0.6) is 0 Å². The lowest BCUT2D eigenvalue weighted by Crippen LogP contribution is -2.33. The number of nitrogens with zero attached hydrogens (tertiary/aromatic N) is 2. The van der Waals surface area contributed by atoms with Gasteiger partial charge in [-0.05, 0) is 20.0 Å². The topological polar surface area (TPSA) is 87.0 Å². The second-order valence-corrected chi connectivity index (χ2v) is 4.18. The smallest absolute Gasteiger partial charge is 0.252 e. The van der Waals surface area contributed by atoms with Gasteiger partial charge in [-0.1, -0.05) is 0 Å². The van der Waals surface area contributed by atoms with Crippen molar-refractivity contribution in [3.05, 3.63) is 22.1 Å². The molecule has 1 fully saturated rings. The van der Waals surface area contributed by atoms with Crippen LogP contribution in [0.2, 0.25) is 0 Å². The third-order valence-electron chi connectivity index (χ3n) is 2.88. The lowest BCUT2D eigenvalue weighted by atomic mass is 10.2. The van der Waals surface area contributed by atoms with Crippen LogP contribution >= 0.6 is 12.4 Å². The minimum absolute atomic E-state index is 0. The number of hydrogen-bond acceptors (Lipinski definition) is 5. The molecule has 0 bridgehead atoms. The highest BCUT2D eigenvalue weighted by molar-refractivity contribution is 5.85. The molecule has 2 rings (SSSR count). The van der Waals surface area contributed by atoms with Gasteiger partial charge in [0.05, 0.1) is 5.69 Å². The van der Waals surface area contributed by atoms with Crippen molar-refractivity contribution in [2.45, 2.75) is 19.0 Å². The number of nitrogens with one attached hydrogen (secondary N) is 2. The monoisotopic (exact) mass is 259 g/mol. The quantitative estimate of drug-likeness (QED) is 0.686. The molecular formula is C10H18ClN5O. The van der Waals surface area contributed by atoms with Crippen molar-refractivity contribution in [2.24, 2.45) is 0 Å². The molecule has 1 atom stereocenters. The van der Waals surface area contributed by atoms with E-state index in [1.807, 2.05) is 7.05 Å². The standard InChI is InChI=1S/C10H17N5O.ClH/c1-15(8-2-3-12-5-8)6-7-4-9(16)14-10(11)13-7;/h4,8,12H,2-3,5-6H2,1H3,(H3,11,13,14,16);1H. The van der Waals surface area contributed by atoms with Crippen LogP contribution in [0.15, 0.2) is 10.9 Å². The Labute approximate surface area is 106 Å². The normalized spacial score (nSPS) is 19.3. The van der Waals surface area contributed by atoms with Crippen molar-refractivity contribution in [1.82, 2.24) is 20.2 Å². The molecule has 1 aliphatic heterocycles. The van der Waals surface area contributed by atoms with Gasteiger partial charge in [-0.3, -0.25) is 14.7 Å². The largest absolute Gasteiger partial charge is 0.369 e. The van der Waals surface area contributed by atoms with Crippen LogP contribution in [0.4, 0.5) is 5.95 Å². The molecule has 1 aromatic heterocycles. The highest BCUT2D eigenvalue weighted by Crippen LogP contribution is 2.09. The average molecular weight is 260 g/mol. The van der Waals surface area contributed by atoms with Gasteiger partial charge in [-0.2, -0.15) is 0 Å². The van der Waals surface area contributed by atoms with Crippen molar-refractivity contribution < 1.29 is 0 Å². The number of nitrogens with two attached hydrogens (primary N) is 1. The van der Waals surface area contributed by atoms with Gasteiger partial charge in [-0.25, -0.2) is 4.98 Å². The number of aromatic amines is 1. The zero-order valence-electron chi connectivity index (χ0n) is 9.77. The predicted molar refractivity (Wildman–Crippen MR) is 69.3 cm³/mol. The molecule has 2 heterocycles. The molecule has 0 spiro atoms. The van der Waals surface area contributed by atoms with Crippen molar-refractivity contribution in [1.29, 1.82) is 0 Å². The van der Waals surface area contributed by atoms with Gasteiger partial charge in [0.1, 0.15) is 0 Å². The lowest BCUT2D eigenvalue weighted by molar-refractivity contribution is 0.246. The van der Waals surface area contributed by atoms with Crippen LogP contribution in [-0.4, -0.2) is 41.0 Å². The number of H-pyrrole nitrogens is 1. The molecule has 96 valence electrons. The predicted octanol–water partition coefficient (Wildman–Crippen LogP) is -0.432. The molecule has 0 aliphatic carbocycles. The summed E-state index contributed by atoms with van der Waals surface area (Å²) in [6, 6.07) is 2.01. The summed E-state index contributed by atoms with van der Waals surface area (Å²) in [5, 5.41) is 3.31. The number of likely N-dealkylation sites (N-methyl/N-ethyl adjacent to an activating group) is 1. The minimum atomic E-state index is -0.194. The molecular weight excluding hydrogens is 242 g/mol. The molecule has 0 amide bonds. The zero-order valence-corrected chi connectivity index (χ0v) is 10.6. The van der Waals surface area contributed by atoms with Crippen LogP contribution in [0.25, 0.3) is 0 Å². The van der Waals surface area contributed by atoms with Crippen LogP contribution in [0.3, 0.4) is 0 Å². The van der Waals surface area contributed by atoms with Gasteiger partial charge in [0.2, 0.25) is 5.95 Å². The average Bonchev–Trinajstić information content (AvgIpc) is 2.68. The maximum atomic E-state index is 11.2. The first-order valence-corrected chi connectivity index (χ1v) is 5.42. The molecule has 1 saturated heterocycles. The molecule has 7 heteroatoms. The van der Waals surface area contributed by atoms with Gasteiger partial charge >= 0.3 is 0 Å². The van der Waals surface area contributed by atoms with Gasteiger partial charge in [-0.15, -0.1) is 12.4 Å². The summed E-state index contributed by atoms with van der Waals surface area (Å²) >= 11 is 0. The van der Waals surface area contributed by atoms with Gasteiger partial charge < -0.3 is 11.1 Å². The zero-order chi connectivity index (χ0) is 11.5. The second-order valence-electron chi connectivity index (χ2n) is 4.18. The van der Waals surface area contributed by atoms with Crippen LogP contribution in [0, 0.1) is 0 Å². The molecule has 0 radical (unpaired) electrons. The van der Waals surface area contributed by atoms with E-state index in [-0.39, 0.29) is 23.9 Å². The summed E-state index contributed by atoms with van der Waals surface area (Å²) in [5.74, 6) is 0.181. The maximum Gasteiger partial charge on any atom is 0.252 e. The minimum Gasteiger partial charge on any atom is -0.369 e. The van der Waals surface area contributed by atoms with E-state index in [1.54, 1.807) is 0 Å². The first-order chi connectivity index (χ1) is 7.65. The number of halogens is 1. The number of hydrogen-bond donors (Lipinski definition) is 3. The Hall–Kier alpha value is -1.11. The maximum absolute atomic E-state index is 11.2. The van der Waals surface area contributed by atoms with Crippen LogP contribution in [-0.2, 0) is 6.54 Å². The van der Waals surface area contributed by atoms with Crippen LogP contribution in [0.1, 0.15) is 12.1 Å². The molecule has 4 N–H and O–H groups in total. The molecule has 1 aliphatic rings. The molecule has 17 heavy (non-hydrogen) atoms. The van der Waals surface area contributed by atoms with E-state index in [2.05, 4.69) is 20.2 Å². The molecule has 0 aromatic carbocycles. The second kappa shape index (κ2) is 6.00. The van der Waals surface area contributed by atoms with Crippen molar-refractivity contribution in [2.75, 3.05) is 25.9 Å². The Morgan fingerprint density at radius 2 is 2.41 bits per heavy atom. The summed E-state index contributed by atoms with van der Waals surface area (Å²) in [4.78, 5) is 19.9. The van der Waals surface area contributed by atoms with Crippen LogP contribution < -0.4 is 16.6 Å². The van der Waals surface area contributed by atoms with E-state index >= 15 is 0 Å². The van der Waals surface area contributed by atoms with E-state index in [9.17, 15) is 4.79 Å². The fourth-order valence-electron chi connectivity index (χ4n) is 2.01. The summed E-state index contributed by atoms with van der Waals surface area (Å²) < 4.78 is 0. The Morgan fingerprint density at radius 1 is 1.65 bits per heavy atom. The third-order valence-corrected chi connectivity index (χ3v) is 2.88.